The number of hydrogen-bond acceptors (Lipinski definition) is 8. The first-order valence-corrected chi connectivity index (χ1v) is 12.5. The molecule has 3 N–H and O–H groups in total. The second-order valence-corrected chi connectivity index (χ2v) is 11.7. The van der Waals surface area contributed by atoms with Gasteiger partial charge in [-0.3, -0.25) is 34.3 Å². The van der Waals surface area contributed by atoms with E-state index in [4.69, 9.17) is 12.2 Å². The van der Waals surface area contributed by atoms with Crippen molar-refractivity contribution in [3.63, 3.8) is 0 Å². The number of nitrogens with one attached hydrogen (secondary N) is 2. The Labute approximate surface area is 217 Å². The fourth-order valence-electron chi connectivity index (χ4n) is 4.77. The quantitative estimate of drug-likeness (QED) is 0.186. The molecule has 36 heavy (non-hydrogen) atoms. The normalized spacial score (nSPS) is 30.0. The van der Waals surface area contributed by atoms with Gasteiger partial charge in [0.1, 0.15) is 23.0 Å². The zero-order chi connectivity index (χ0) is 26.7. The lowest BCUT2D eigenvalue weighted by molar-refractivity contribution is -0.161. The summed E-state index contributed by atoms with van der Waals surface area (Å²) in [5.41, 5.74) is 0.352. The van der Waals surface area contributed by atoms with Crippen LogP contribution in [0.25, 0.3) is 0 Å². The van der Waals surface area contributed by atoms with Crippen LogP contribution in [-0.2, 0) is 24.0 Å². The van der Waals surface area contributed by atoms with Crippen LogP contribution in [0.2, 0.25) is 0 Å². The smallest absolute Gasteiger partial charge is 0.327 e. The number of thioether (sulfide) groups is 1. The van der Waals surface area contributed by atoms with Gasteiger partial charge in [-0.2, -0.15) is 0 Å². The fourth-order valence-corrected chi connectivity index (χ4v) is 6.56. The number of carbonyl (C=O) groups excluding carboxylic acids is 4. The summed E-state index contributed by atoms with van der Waals surface area (Å²) in [5, 5.41) is 15.0. The zero-order valence-electron chi connectivity index (χ0n) is 20.3. The summed E-state index contributed by atoms with van der Waals surface area (Å²) in [6.45, 7) is 5.13. The van der Waals surface area contributed by atoms with Crippen LogP contribution < -0.4 is 10.6 Å². The maximum absolute atomic E-state index is 13.0. The van der Waals surface area contributed by atoms with Gasteiger partial charge in [0.25, 0.3) is 11.8 Å². The highest BCUT2D eigenvalue weighted by Gasteiger charge is 2.64. The average molecular weight is 534 g/mol. The van der Waals surface area contributed by atoms with Crippen molar-refractivity contribution in [1.82, 2.24) is 25.3 Å². The molecular weight excluding hydrogens is 506 g/mol. The third kappa shape index (κ3) is 4.04. The summed E-state index contributed by atoms with van der Waals surface area (Å²) in [7, 11) is 2.98. The molecule has 0 radical (unpaired) electrons. The van der Waals surface area contributed by atoms with Gasteiger partial charge < -0.3 is 15.3 Å². The van der Waals surface area contributed by atoms with E-state index in [0.717, 1.165) is 0 Å². The summed E-state index contributed by atoms with van der Waals surface area (Å²) in [4.78, 5) is 66.9. The molecule has 0 aromatic carbocycles. The zero-order valence-corrected chi connectivity index (χ0v) is 22.0. The van der Waals surface area contributed by atoms with E-state index >= 15 is 0 Å². The number of fused-ring (bicyclic) bond motifs is 1. The van der Waals surface area contributed by atoms with Crippen LogP contribution >= 0.6 is 24.0 Å². The second-order valence-electron chi connectivity index (χ2n) is 9.54. The Morgan fingerprint density at radius 2 is 1.75 bits per heavy atom. The van der Waals surface area contributed by atoms with Gasteiger partial charge in [0.05, 0.1) is 12.1 Å². The van der Waals surface area contributed by atoms with E-state index < -0.39 is 63.9 Å². The maximum Gasteiger partial charge on any atom is 0.327 e. The van der Waals surface area contributed by atoms with Crippen molar-refractivity contribution in [3.8, 4) is 0 Å². The van der Waals surface area contributed by atoms with E-state index in [1.54, 1.807) is 45.1 Å². The summed E-state index contributed by atoms with van der Waals surface area (Å²) in [6, 6.07) is -3.23. The number of rotatable bonds is 5. The molecule has 1 aliphatic carbocycles. The van der Waals surface area contributed by atoms with Gasteiger partial charge in [0.15, 0.2) is 5.11 Å². The first kappa shape index (κ1) is 26.0. The lowest BCUT2D eigenvalue weighted by atomic mass is 9.93. The highest BCUT2D eigenvalue weighted by molar-refractivity contribution is 8.01. The number of nitrogens with zero attached hydrogens (tertiary/aromatic N) is 3. The van der Waals surface area contributed by atoms with E-state index in [9.17, 15) is 29.1 Å². The van der Waals surface area contributed by atoms with Crippen molar-refractivity contribution in [1.29, 1.82) is 0 Å². The van der Waals surface area contributed by atoms with Gasteiger partial charge in [-0.25, -0.2) is 4.79 Å². The number of β-lactam (4-membered cyclic amide) rings is 1. The lowest BCUT2D eigenvalue weighted by Gasteiger charge is -2.44. The van der Waals surface area contributed by atoms with Gasteiger partial charge in [-0.15, -0.1) is 11.8 Å². The number of carboxylic acid groups (broad SMARTS) is 1. The van der Waals surface area contributed by atoms with Crippen molar-refractivity contribution < 1.29 is 29.1 Å². The Morgan fingerprint density at radius 3 is 2.33 bits per heavy atom. The van der Waals surface area contributed by atoms with Crippen LogP contribution in [0, 0.1) is 0 Å². The summed E-state index contributed by atoms with van der Waals surface area (Å²) in [6.07, 6.45) is 6.79. The molecule has 5 unspecified atom stereocenters. The van der Waals surface area contributed by atoms with Crippen LogP contribution in [0.15, 0.2) is 35.5 Å². The topological polar surface area (TPSA) is 139 Å². The number of likely N-dealkylation sites (N-methyl/N-ethyl adjacent to an activating group) is 2. The summed E-state index contributed by atoms with van der Waals surface area (Å²) < 4.78 is -0.697. The van der Waals surface area contributed by atoms with Gasteiger partial charge in [0, 0.05) is 18.8 Å². The molecule has 3 fully saturated rings. The maximum atomic E-state index is 13.0. The lowest BCUT2D eigenvalue weighted by Crippen LogP contribution is -2.71. The number of carbonyl (C=O) groups is 5. The predicted molar refractivity (Wildman–Crippen MR) is 135 cm³/mol. The first-order chi connectivity index (χ1) is 16.8. The third-order valence-electron chi connectivity index (χ3n) is 6.72. The first-order valence-electron chi connectivity index (χ1n) is 11.3. The average Bonchev–Trinajstić information content (AvgIpc) is 3.08. The molecule has 0 aromatic rings. The fraction of sp³-hybridized carbons (Fsp3) is 0.478. The number of carboxylic acids is 1. The summed E-state index contributed by atoms with van der Waals surface area (Å²) in [5.74, 6) is -3.04. The molecule has 0 saturated carbocycles. The molecule has 11 nitrogen and oxygen atoms in total. The number of amides is 4. The van der Waals surface area contributed by atoms with Crippen molar-refractivity contribution >= 4 is 58.7 Å². The van der Waals surface area contributed by atoms with E-state index in [1.807, 2.05) is 0 Å². The Balaban J connectivity index is 1.49. The molecule has 5 atom stereocenters. The van der Waals surface area contributed by atoms with E-state index in [0.29, 0.717) is 5.57 Å². The van der Waals surface area contributed by atoms with Crippen molar-refractivity contribution in [2.45, 2.75) is 55.1 Å². The van der Waals surface area contributed by atoms with Crippen molar-refractivity contribution in [2.75, 3.05) is 14.1 Å². The van der Waals surface area contributed by atoms with E-state index in [-0.39, 0.29) is 10.7 Å². The molecule has 3 saturated heterocycles. The van der Waals surface area contributed by atoms with Crippen molar-refractivity contribution in [3.05, 3.63) is 35.5 Å². The second kappa shape index (κ2) is 9.12. The minimum absolute atomic E-state index is 0.0478. The summed E-state index contributed by atoms with van der Waals surface area (Å²) >= 11 is 6.49. The minimum atomic E-state index is -1.08. The highest BCUT2D eigenvalue weighted by Crippen LogP contribution is 2.50. The molecule has 0 bridgehead atoms. The number of hydrogen-bond donors (Lipinski definition) is 3. The number of allylic oxidation sites excluding steroid dienone is 2. The largest absolute Gasteiger partial charge is 0.480 e. The van der Waals surface area contributed by atoms with Crippen LogP contribution in [0.1, 0.15) is 20.8 Å². The number of aliphatic carboxylic acids is 1. The van der Waals surface area contributed by atoms with Crippen LogP contribution in [0.5, 0.6) is 0 Å². The molecule has 0 spiro atoms. The molecule has 0 aromatic heterocycles. The van der Waals surface area contributed by atoms with Gasteiger partial charge in [0.2, 0.25) is 11.8 Å². The molecule has 3 aliphatic heterocycles. The monoisotopic (exact) mass is 533 g/mol. The minimum Gasteiger partial charge on any atom is -0.480 e. The van der Waals surface area contributed by atoms with Crippen molar-refractivity contribution in [2.24, 2.45) is 0 Å². The molecule has 3 heterocycles. The molecule has 4 rings (SSSR count). The Hall–Kier alpha value is -3.03. The van der Waals surface area contributed by atoms with E-state index in [1.165, 1.54) is 40.6 Å². The van der Waals surface area contributed by atoms with Crippen LogP contribution in [-0.4, -0.2) is 103 Å². The van der Waals surface area contributed by atoms with Crippen LogP contribution in [0.3, 0.4) is 0 Å². The Morgan fingerprint density at radius 1 is 1.14 bits per heavy atom. The molecule has 4 aliphatic rings. The molecule has 192 valence electrons. The highest BCUT2D eigenvalue weighted by atomic mass is 32.2. The Kier molecular flexibility index (Phi) is 6.60. The standard InChI is InChI=1S/C23H27N5O6S2/c1-10(16(29)25-14-19(32)28-15(21(33)34)23(2,3)36-20(14)28)24-12-9-7-6-8-11(12)13-17(30)26(4)22(35)27(5)18(13)31/h6-10,12,14-15,20,24H,1-5H3,(H,25,29)(H,33,34). The van der Waals surface area contributed by atoms with Gasteiger partial charge in [-0.05, 0) is 38.6 Å². The van der Waals surface area contributed by atoms with Crippen LogP contribution in [0.4, 0.5) is 0 Å². The third-order valence-corrected chi connectivity index (χ3v) is 8.84. The molecular formula is C23H27N5O6S2. The SMILES string of the molecule is CC(NC1C=CC=CC1=C1C(=O)N(C)C(=S)N(C)C1=O)C(=O)NC1C(=O)N2C1SC(C)(C)C2C(=O)O. The van der Waals surface area contributed by atoms with E-state index in [2.05, 4.69) is 10.6 Å². The Bertz CT molecular complexity index is 1150. The molecule has 13 heteroatoms. The number of thiocarbonyl (C=S) groups is 1. The van der Waals surface area contributed by atoms with Gasteiger partial charge in [-0.1, -0.05) is 24.3 Å². The molecule has 4 amide bonds. The predicted octanol–water partition coefficient (Wildman–Crippen LogP) is -0.397. The van der Waals surface area contributed by atoms with Gasteiger partial charge >= 0.3 is 5.97 Å².